The lowest BCUT2D eigenvalue weighted by atomic mass is 10.1. The second-order valence-electron chi connectivity index (χ2n) is 5.86. The van der Waals surface area contributed by atoms with E-state index >= 15 is 0 Å². The Kier molecular flexibility index (Phi) is 4.96. The van der Waals surface area contributed by atoms with Crippen LogP contribution in [-0.4, -0.2) is 45.4 Å². The fourth-order valence-corrected chi connectivity index (χ4v) is 4.25. The Morgan fingerprint density at radius 3 is 2.65 bits per heavy atom. The lowest BCUT2D eigenvalue weighted by molar-refractivity contribution is 0.0738. The van der Waals surface area contributed by atoms with E-state index in [2.05, 4.69) is 16.2 Å². The molecule has 0 unspecified atom stereocenters. The third-order valence-corrected chi connectivity index (χ3v) is 5.68. The van der Waals surface area contributed by atoms with Gasteiger partial charge in [0.25, 0.3) is 5.91 Å². The van der Waals surface area contributed by atoms with Crippen molar-refractivity contribution < 1.29 is 4.79 Å². The van der Waals surface area contributed by atoms with Crippen LogP contribution < -0.4 is 0 Å². The molecular formula is C18H21N3OS. The minimum Gasteiger partial charge on any atom is -0.338 e. The van der Waals surface area contributed by atoms with Gasteiger partial charge in [-0.2, -0.15) is 11.8 Å². The van der Waals surface area contributed by atoms with Gasteiger partial charge in [-0.05, 0) is 31.2 Å². The molecule has 23 heavy (non-hydrogen) atoms. The lowest BCUT2D eigenvalue weighted by Gasteiger charge is -2.29. The molecule has 0 N–H and O–H groups in total. The summed E-state index contributed by atoms with van der Waals surface area (Å²) in [4.78, 5) is 23.0. The van der Waals surface area contributed by atoms with E-state index in [1.807, 2.05) is 48.0 Å². The number of carbonyl (C=O) groups excluding carboxylic acids is 1. The Hall–Kier alpha value is -1.88. The van der Waals surface area contributed by atoms with Crippen LogP contribution in [0.5, 0.6) is 0 Å². The summed E-state index contributed by atoms with van der Waals surface area (Å²) < 4.78 is 0. The Labute approximate surface area is 141 Å². The second-order valence-corrected chi connectivity index (χ2v) is 6.93. The number of benzene rings is 1. The van der Waals surface area contributed by atoms with Crippen LogP contribution in [0.25, 0.3) is 11.3 Å². The van der Waals surface area contributed by atoms with Gasteiger partial charge in [-0.15, -0.1) is 0 Å². The first-order valence-corrected chi connectivity index (χ1v) is 9.16. The maximum Gasteiger partial charge on any atom is 0.253 e. The van der Waals surface area contributed by atoms with Gasteiger partial charge in [-0.3, -0.25) is 14.8 Å². The number of thioether (sulfide) groups is 1. The van der Waals surface area contributed by atoms with Gasteiger partial charge in [-0.1, -0.05) is 18.6 Å². The van der Waals surface area contributed by atoms with Gasteiger partial charge in [0.15, 0.2) is 0 Å². The molecule has 0 aliphatic heterocycles. The second kappa shape index (κ2) is 7.13. The van der Waals surface area contributed by atoms with Gasteiger partial charge >= 0.3 is 0 Å². The van der Waals surface area contributed by atoms with Crippen molar-refractivity contribution in [2.24, 2.45) is 0 Å². The van der Waals surface area contributed by atoms with Crippen molar-refractivity contribution in [2.45, 2.75) is 30.6 Å². The number of hydrogen-bond donors (Lipinski definition) is 0. The Morgan fingerprint density at radius 2 is 2.00 bits per heavy atom. The summed E-state index contributed by atoms with van der Waals surface area (Å²) >= 11 is 1.87. The predicted octanol–water partition coefficient (Wildman–Crippen LogP) is 3.50. The highest BCUT2D eigenvalue weighted by Crippen LogP contribution is 2.32. The summed E-state index contributed by atoms with van der Waals surface area (Å²) in [5.74, 6) is 0.0987. The van der Waals surface area contributed by atoms with Crippen LogP contribution in [0, 0.1) is 0 Å². The Balaban J connectivity index is 1.75. The van der Waals surface area contributed by atoms with Gasteiger partial charge in [0.2, 0.25) is 0 Å². The summed E-state index contributed by atoms with van der Waals surface area (Å²) in [5.41, 5.74) is 2.52. The quantitative estimate of drug-likeness (QED) is 0.862. The van der Waals surface area contributed by atoms with Crippen molar-refractivity contribution in [3.8, 4) is 11.3 Å². The van der Waals surface area contributed by atoms with E-state index in [-0.39, 0.29) is 5.91 Å². The molecule has 1 aromatic heterocycles. The molecule has 0 saturated heterocycles. The third-order valence-electron chi connectivity index (χ3n) is 4.53. The van der Waals surface area contributed by atoms with E-state index in [1.54, 1.807) is 18.6 Å². The predicted molar refractivity (Wildman–Crippen MR) is 94.5 cm³/mol. The molecule has 2 aromatic rings. The number of carbonyl (C=O) groups is 1. The first-order valence-electron chi connectivity index (χ1n) is 7.87. The van der Waals surface area contributed by atoms with E-state index in [4.69, 9.17) is 0 Å². The zero-order chi connectivity index (χ0) is 16.2. The molecule has 1 amide bonds. The maximum absolute atomic E-state index is 12.7. The highest BCUT2D eigenvalue weighted by molar-refractivity contribution is 7.99. The largest absolute Gasteiger partial charge is 0.338 e. The fraction of sp³-hybridized carbons (Fsp3) is 0.389. The molecule has 2 atom stereocenters. The zero-order valence-electron chi connectivity index (χ0n) is 13.5. The van der Waals surface area contributed by atoms with E-state index in [9.17, 15) is 4.79 Å². The molecule has 4 nitrogen and oxygen atoms in total. The molecular weight excluding hydrogens is 306 g/mol. The van der Waals surface area contributed by atoms with Crippen molar-refractivity contribution in [3.63, 3.8) is 0 Å². The molecule has 1 aromatic carbocycles. The van der Waals surface area contributed by atoms with Gasteiger partial charge in [0.05, 0.1) is 11.9 Å². The molecule has 0 radical (unpaired) electrons. The molecule has 1 aliphatic rings. The summed E-state index contributed by atoms with van der Waals surface area (Å²) in [6, 6.07) is 7.98. The van der Waals surface area contributed by atoms with Crippen LogP contribution in [0.1, 0.15) is 29.6 Å². The van der Waals surface area contributed by atoms with Crippen LogP contribution in [0.4, 0.5) is 0 Å². The highest BCUT2D eigenvalue weighted by atomic mass is 32.2. The monoisotopic (exact) mass is 327 g/mol. The van der Waals surface area contributed by atoms with Crippen molar-refractivity contribution in [3.05, 3.63) is 48.4 Å². The van der Waals surface area contributed by atoms with Crippen LogP contribution in [0.3, 0.4) is 0 Å². The van der Waals surface area contributed by atoms with E-state index in [1.165, 1.54) is 12.8 Å². The van der Waals surface area contributed by atoms with Crippen LogP contribution in [-0.2, 0) is 0 Å². The molecule has 1 fully saturated rings. The number of nitrogens with zero attached hydrogens (tertiary/aromatic N) is 3. The maximum atomic E-state index is 12.7. The van der Waals surface area contributed by atoms with E-state index in [0.717, 1.165) is 23.2 Å². The first-order chi connectivity index (χ1) is 11.2. The van der Waals surface area contributed by atoms with Crippen molar-refractivity contribution in [1.29, 1.82) is 0 Å². The van der Waals surface area contributed by atoms with Gasteiger partial charge < -0.3 is 4.90 Å². The third kappa shape index (κ3) is 3.39. The minimum absolute atomic E-state index is 0.0987. The molecule has 5 heteroatoms. The van der Waals surface area contributed by atoms with Gasteiger partial charge in [0, 0.05) is 41.9 Å². The molecule has 120 valence electrons. The zero-order valence-corrected chi connectivity index (χ0v) is 14.3. The highest BCUT2D eigenvalue weighted by Gasteiger charge is 2.32. The molecule has 1 heterocycles. The number of hydrogen-bond acceptors (Lipinski definition) is 4. The summed E-state index contributed by atoms with van der Waals surface area (Å²) in [6.07, 6.45) is 10.7. The van der Waals surface area contributed by atoms with Crippen LogP contribution in [0.2, 0.25) is 0 Å². The van der Waals surface area contributed by atoms with Gasteiger partial charge in [0.1, 0.15) is 0 Å². The van der Waals surface area contributed by atoms with Crippen molar-refractivity contribution in [2.75, 3.05) is 13.3 Å². The SMILES string of the molecule is CS[C@H]1CCC[C@H]1N(C)C(=O)c1ccc(-c2cnccn2)cc1. The molecule has 3 rings (SSSR count). The topological polar surface area (TPSA) is 46.1 Å². The summed E-state index contributed by atoms with van der Waals surface area (Å²) in [7, 11) is 1.93. The van der Waals surface area contributed by atoms with Gasteiger partial charge in [-0.25, -0.2) is 0 Å². The molecule has 1 aliphatic carbocycles. The van der Waals surface area contributed by atoms with E-state index in [0.29, 0.717) is 11.3 Å². The number of rotatable bonds is 4. The lowest BCUT2D eigenvalue weighted by Crippen LogP contribution is -2.40. The fourth-order valence-electron chi connectivity index (χ4n) is 3.21. The molecule has 1 saturated carbocycles. The minimum atomic E-state index is 0.0987. The summed E-state index contributed by atoms with van der Waals surface area (Å²) in [5, 5.41) is 0.558. The van der Waals surface area contributed by atoms with E-state index < -0.39 is 0 Å². The van der Waals surface area contributed by atoms with Crippen LogP contribution >= 0.6 is 11.8 Å². The number of amides is 1. The molecule has 0 bridgehead atoms. The first kappa shape index (κ1) is 16.0. The smallest absolute Gasteiger partial charge is 0.253 e. The Morgan fingerprint density at radius 1 is 1.22 bits per heavy atom. The normalized spacial score (nSPS) is 20.4. The molecule has 0 spiro atoms. The average molecular weight is 327 g/mol. The van der Waals surface area contributed by atoms with Crippen molar-refractivity contribution in [1.82, 2.24) is 14.9 Å². The van der Waals surface area contributed by atoms with Crippen molar-refractivity contribution >= 4 is 17.7 Å². The average Bonchev–Trinajstić information content (AvgIpc) is 3.10. The standard InChI is InChI=1S/C18H21N3OS/c1-21(16-4-3-5-17(16)23-2)18(22)14-8-6-13(7-9-14)15-12-19-10-11-20-15/h6-12,16-17H,3-5H2,1-2H3/t16-,17+/m1/s1. The van der Waals surface area contributed by atoms with Crippen LogP contribution in [0.15, 0.2) is 42.9 Å². The summed E-state index contributed by atoms with van der Waals surface area (Å²) in [6.45, 7) is 0. The Bertz CT molecular complexity index is 660. The number of aromatic nitrogens is 2.